The molecule has 10 heteroatoms. The lowest BCUT2D eigenvalue weighted by atomic mass is 9.64. The van der Waals surface area contributed by atoms with E-state index in [-0.39, 0.29) is 29.4 Å². The quantitative estimate of drug-likeness (QED) is 0.437. The molecule has 1 fully saturated rings. The molecule has 0 atom stereocenters. The Morgan fingerprint density at radius 3 is 2.39 bits per heavy atom. The van der Waals surface area contributed by atoms with Crippen molar-refractivity contribution in [2.45, 2.75) is 57.5 Å². The van der Waals surface area contributed by atoms with Gasteiger partial charge in [0.05, 0.1) is 17.2 Å². The number of rotatable bonds is 6. The van der Waals surface area contributed by atoms with Crippen molar-refractivity contribution in [1.29, 1.82) is 0 Å². The lowest BCUT2D eigenvalue weighted by Gasteiger charge is -2.39. The summed E-state index contributed by atoms with van der Waals surface area (Å²) in [4.78, 5) is 27.2. The number of hydrogen-bond acceptors (Lipinski definition) is 8. The molecule has 186 valence electrons. The Morgan fingerprint density at radius 1 is 1.08 bits per heavy atom. The number of carbonyl (C=O) groups is 1. The molecule has 1 aliphatic carbocycles. The van der Waals surface area contributed by atoms with Crippen LogP contribution in [0.25, 0.3) is 22.6 Å². The summed E-state index contributed by atoms with van der Waals surface area (Å²) >= 11 is 0. The summed E-state index contributed by atoms with van der Waals surface area (Å²) in [5, 5.41) is 8.68. The molecule has 0 spiro atoms. The summed E-state index contributed by atoms with van der Waals surface area (Å²) < 4.78 is 7.24. The number of carbonyl (C=O) groups excluding carboxylic acids is 1. The zero-order valence-corrected chi connectivity index (χ0v) is 21.0. The lowest BCUT2D eigenvalue weighted by molar-refractivity contribution is -0.134. The van der Waals surface area contributed by atoms with Crippen molar-refractivity contribution in [3.63, 3.8) is 0 Å². The number of benzene rings is 1. The molecule has 0 saturated heterocycles. The van der Waals surface area contributed by atoms with Crippen molar-refractivity contribution >= 4 is 11.9 Å². The van der Waals surface area contributed by atoms with Gasteiger partial charge in [-0.3, -0.25) is 9.48 Å². The maximum atomic E-state index is 12.6. The van der Waals surface area contributed by atoms with Crippen LogP contribution in [0, 0.1) is 0 Å². The zero-order valence-electron chi connectivity index (χ0n) is 21.0. The van der Waals surface area contributed by atoms with Crippen LogP contribution in [-0.2, 0) is 16.8 Å². The smallest absolute Gasteiger partial charge is 0.261 e. The first-order valence-electron chi connectivity index (χ1n) is 12.0. The Morgan fingerprint density at radius 2 is 1.78 bits per heavy atom. The van der Waals surface area contributed by atoms with Gasteiger partial charge in [-0.15, -0.1) is 0 Å². The molecule has 36 heavy (non-hydrogen) atoms. The minimum absolute atomic E-state index is 0.0224. The van der Waals surface area contributed by atoms with E-state index >= 15 is 0 Å². The second kappa shape index (κ2) is 8.85. The van der Waals surface area contributed by atoms with Crippen molar-refractivity contribution in [2.75, 3.05) is 12.8 Å². The highest BCUT2D eigenvalue weighted by Gasteiger charge is 2.44. The molecule has 1 aliphatic rings. The molecule has 4 aromatic rings. The van der Waals surface area contributed by atoms with Crippen LogP contribution in [0.15, 0.2) is 53.6 Å². The van der Waals surface area contributed by atoms with E-state index < -0.39 is 0 Å². The van der Waals surface area contributed by atoms with Gasteiger partial charge in [-0.05, 0) is 44.7 Å². The number of nitrogen functional groups attached to an aromatic ring is 1. The van der Waals surface area contributed by atoms with Gasteiger partial charge in [0.15, 0.2) is 5.82 Å². The van der Waals surface area contributed by atoms with Gasteiger partial charge in [0.2, 0.25) is 11.9 Å². The van der Waals surface area contributed by atoms with E-state index in [2.05, 4.69) is 44.5 Å². The number of amides is 1. The highest BCUT2D eigenvalue weighted by atomic mass is 16.5. The van der Waals surface area contributed by atoms with Crippen molar-refractivity contribution in [3.05, 3.63) is 60.4 Å². The van der Waals surface area contributed by atoms with Gasteiger partial charge in [-0.1, -0.05) is 35.8 Å². The Bertz CT molecular complexity index is 1360. The molecule has 3 aromatic heterocycles. The van der Waals surface area contributed by atoms with Gasteiger partial charge in [0, 0.05) is 36.7 Å². The average molecular weight is 487 g/mol. The highest BCUT2D eigenvalue weighted by molar-refractivity contribution is 5.76. The summed E-state index contributed by atoms with van der Waals surface area (Å²) in [6, 6.07) is 8.33. The normalized spacial score (nSPS) is 14.9. The molecule has 1 aromatic carbocycles. The van der Waals surface area contributed by atoms with E-state index in [4.69, 9.17) is 15.2 Å². The van der Waals surface area contributed by atoms with Crippen LogP contribution in [0.3, 0.4) is 0 Å². The Balaban J connectivity index is 1.34. The molecule has 10 nitrogen and oxygen atoms in total. The molecular weight excluding hydrogens is 456 g/mol. The second-order valence-electron chi connectivity index (χ2n) is 10.3. The number of hydrogen-bond donors (Lipinski definition) is 1. The Hall–Kier alpha value is -4.08. The predicted molar refractivity (Wildman–Crippen MR) is 135 cm³/mol. The maximum absolute atomic E-state index is 12.6. The summed E-state index contributed by atoms with van der Waals surface area (Å²) in [7, 11) is 1.80. The van der Waals surface area contributed by atoms with Crippen LogP contribution < -0.4 is 5.73 Å². The van der Waals surface area contributed by atoms with E-state index in [1.165, 1.54) is 0 Å². The van der Waals surface area contributed by atoms with Gasteiger partial charge in [0.25, 0.3) is 5.89 Å². The first-order chi connectivity index (χ1) is 17.2. The average Bonchev–Trinajstić information content (AvgIpc) is 3.48. The van der Waals surface area contributed by atoms with E-state index in [0.29, 0.717) is 17.3 Å². The van der Waals surface area contributed by atoms with Crippen LogP contribution in [0.4, 0.5) is 5.95 Å². The van der Waals surface area contributed by atoms with Gasteiger partial charge in [-0.25, -0.2) is 9.97 Å². The largest absolute Gasteiger partial charge is 0.368 e. The first kappa shape index (κ1) is 23.7. The molecule has 0 radical (unpaired) electrons. The van der Waals surface area contributed by atoms with E-state index in [1.807, 2.05) is 20.8 Å². The molecule has 1 saturated carbocycles. The number of nitrogens with two attached hydrogens (primary N) is 1. The van der Waals surface area contributed by atoms with Crippen LogP contribution in [0.2, 0.25) is 0 Å². The summed E-state index contributed by atoms with van der Waals surface area (Å²) in [5.41, 5.74) is 8.82. The fraction of sp³-hybridized carbons (Fsp3) is 0.385. The van der Waals surface area contributed by atoms with Gasteiger partial charge in [-0.2, -0.15) is 10.1 Å². The lowest BCUT2D eigenvalue weighted by Crippen LogP contribution is -2.44. The molecule has 0 unspecified atom stereocenters. The summed E-state index contributed by atoms with van der Waals surface area (Å²) in [5.74, 6) is 1.30. The SMILES string of the molecule is CN(C(=O)Cn1cc(-c2nc(C3(c4ccc(-c5cnc(N)nc5)cc4)CCC3)no2)cn1)C(C)(C)C. The van der Waals surface area contributed by atoms with E-state index in [1.54, 1.807) is 41.4 Å². The van der Waals surface area contributed by atoms with Crippen LogP contribution in [-0.4, -0.2) is 53.3 Å². The van der Waals surface area contributed by atoms with Crippen LogP contribution in [0.1, 0.15) is 51.4 Å². The van der Waals surface area contributed by atoms with Gasteiger partial charge >= 0.3 is 0 Å². The van der Waals surface area contributed by atoms with Crippen LogP contribution >= 0.6 is 0 Å². The third-order valence-electron chi connectivity index (χ3n) is 7.06. The number of likely N-dealkylation sites (N-methyl/N-ethyl adjacent to an activating group) is 1. The zero-order chi connectivity index (χ0) is 25.5. The predicted octanol–water partition coefficient (Wildman–Crippen LogP) is 3.70. The van der Waals surface area contributed by atoms with Gasteiger partial charge in [0.1, 0.15) is 6.54 Å². The van der Waals surface area contributed by atoms with Crippen molar-refractivity contribution in [3.8, 4) is 22.6 Å². The number of anilines is 1. The Kier molecular flexibility index (Phi) is 5.82. The second-order valence-corrected chi connectivity index (χ2v) is 10.3. The maximum Gasteiger partial charge on any atom is 0.261 e. The van der Waals surface area contributed by atoms with Crippen molar-refractivity contribution in [1.82, 2.24) is 34.8 Å². The van der Waals surface area contributed by atoms with Crippen molar-refractivity contribution < 1.29 is 9.32 Å². The molecule has 1 amide bonds. The fourth-order valence-electron chi connectivity index (χ4n) is 4.35. The molecule has 0 bridgehead atoms. The number of nitrogens with zero attached hydrogens (tertiary/aromatic N) is 7. The Labute approximate surface area is 209 Å². The monoisotopic (exact) mass is 486 g/mol. The molecule has 2 N–H and O–H groups in total. The van der Waals surface area contributed by atoms with Crippen LogP contribution in [0.5, 0.6) is 0 Å². The molecule has 3 heterocycles. The summed E-state index contributed by atoms with van der Waals surface area (Å²) in [6.07, 6.45) is 9.85. The highest BCUT2D eigenvalue weighted by Crippen LogP contribution is 2.48. The minimum atomic E-state index is -0.278. The molecular formula is C26H30N8O2. The molecule has 5 rings (SSSR count). The van der Waals surface area contributed by atoms with E-state index in [9.17, 15) is 4.79 Å². The fourth-order valence-corrected chi connectivity index (χ4v) is 4.35. The minimum Gasteiger partial charge on any atom is -0.368 e. The van der Waals surface area contributed by atoms with Crippen molar-refractivity contribution in [2.24, 2.45) is 0 Å². The summed E-state index contributed by atoms with van der Waals surface area (Å²) in [6.45, 7) is 6.13. The molecule has 0 aliphatic heterocycles. The third kappa shape index (κ3) is 4.34. The van der Waals surface area contributed by atoms with Gasteiger partial charge < -0.3 is 15.2 Å². The standard InChI is InChI=1S/C26H30N8O2/c1-25(2,3)33(4)21(35)16-34-15-19(14-30-34)22-31-23(32-36-22)26(10-5-11-26)20-8-6-17(7-9-20)18-12-28-24(27)29-13-18/h6-9,12-15H,5,10-11,16H2,1-4H3,(H2,27,28,29). The van der Waals surface area contributed by atoms with E-state index in [0.717, 1.165) is 36.0 Å². The topological polar surface area (TPSA) is 129 Å². The first-order valence-corrected chi connectivity index (χ1v) is 12.0. The number of aromatic nitrogens is 6. The third-order valence-corrected chi connectivity index (χ3v) is 7.06.